The van der Waals surface area contributed by atoms with Gasteiger partial charge in [-0.1, -0.05) is 6.07 Å². The molecule has 0 saturated carbocycles. The lowest BCUT2D eigenvalue weighted by molar-refractivity contribution is -0.113. The largest absolute Gasteiger partial charge is 0.497 e. The van der Waals surface area contributed by atoms with E-state index in [1.54, 1.807) is 32.2 Å². The Balaban J connectivity index is 2.06. The number of anilines is 1. The van der Waals surface area contributed by atoms with E-state index in [0.29, 0.717) is 11.6 Å². The number of amides is 1. The Hall–Kier alpha value is -2.15. The maximum Gasteiger partial charge on any atom is 0.235 e. The number of carbonyl (C=O) groups excluding carboxylic acids is 1. The summed E-state index contributed by atoms with van der Waals surface area (Å²) < 4.78 is 10.7. The van der Waals surface area contributed by atoms with E-state index in [1.165, 1.54) is 0 Å². The molecule has 3 rings (SSSR count). The Kier molecular flexibility index (Phi) is 3.74. The molecule has 1 aromatic heterocycles. The van der Waals surface area contributed by atoms with Gasteiger partial charge in [0.2, 0.25) is 5.91 Å². The minimum absolute atomic E-state index is 0.0291. The average Bonchev–Trinajstić information content (AvgIpc) is 2.89. The average molecular weight is 305 g/mol. The van der Waals surface area contributed by atoms with E-state index in [1.807, 2.05) is 18.2 Å². The van der Waals surface area contributed by atoms with E-state index in [2.05, 4.69) is 15.5 Å². The van der Waals surface area contributed by atoms with Crippen LogP contribution in [0.5, 0.6) is 11.5 Å². The fraction of sp³-hybridized carbons (Fsp3) is 0.286. The third-order valence-electron chi connectivity index (χ3n) is 3.32. The highest BCUT2D eigenvalue weighted by Gasteiger charge is 2.27. The predicted octanol–water partition coefficient (Wildman–Crippen LogP) is 2.20. The summed E-state index contributed by atoms with van der Waals surface area (Å²) in [6.45, 7) is 0. The quantitative estimate of drug-likeness (QED) is 0.909. The van der Waals surface area contributed by atoms with Crippen LogP contribution in [0.25, 0.3) is 0 Å². The van der Waals surface area contributed by atoms with Gasteiger partial charge >= 0.3 is 0 Å². The molecule has 1 aliphatic rings. The number of nitrogens with one attached hydrogen (secondary N) is 2. The van der Waals surface area contributed by atoms with Crippen molar-refractivity contribution in [3.05, 3.63) is 35.5 Å². The van der Waals surface area contributed by atoms with Gasteiger partial charge in [0.25, 0.3) is 0 Å². The van der Waals surface area contributed by atoms with Crippen molar-refractivity contribution in [2.75, 3.05) is 25.3 Å². The molecule has 0 spiro atoms. The van der Waals surface area contributed by atoms with E-state index in [9.17, 15) is 4.79 Å². The molecule has 2 aromatic rings. The topological polar surface area (TPSA) is 76.2 Å². The number of benzene rings is 1. The zero-order chi connectivity index (χ0) is 14.8. The summed E-state index contributed by atoms with van der Waals surface area (Å²) >= 11 is 1.54. The van der Waals surface area contributed by atoms with Gasteiger partial charge in [-0.15, -0.1) is 11.8 Å². The van der Waals surface area contributed by atoms with Crippen LogP contribution in [0.3, 0.4) is 0 Å². The Labute approximate surface area is 126 Å². The number of thioether (sulfide) groups is 1. The number of carbonyl (C=O) groups is 1. The normalized spacial score (nSPS) is 17.6. The molecule has 0 bridgehead atoms. The first-order valence-corrected chi connectivity index (χ1v) is 7.44. The standard InChI is InChI=1S/C14H15N3O3S/c1-19-8-3-4-9(11(5-8)20-2)13-10-6-15-17-14(10)16-12(18)7-21-13/h3-6,13H,7H2,1-2H3,(H2,15,16,17,18)/t13-/m0/s1. The van der Waals surface area contributed by atoms with Crippen LogP contribution in [0.1, 0.15) is 16.4 Å². The van der Waals surface area contributed by atoms with Crippen LogP contribution >= 0.6 is 11.8 Å². The lowest BCUT2D eigenvalue weighted by atomic mass is 10.1. The molecule has 1 aromatic carbocycles. The van der Waals surface area contributed by atoms with E-state index in [4.69, 9.17) is 9.47 Å². The van der Waals surface area contributed by atoms with Gasteiger partial charge in [0.15, 0.2) is 0 Å². The molecule has 0 saturated heterocycles. The van der Waals surface area contributed by atoms with Crippen LogP contribution in [0.15, 0.2) is 24.4 Å². The maximum absolute atomic E-state index is 11.7. The Bertz CT molecular complexity index is 671. The second kappa shape index (κ2) is 5.69. The van der Waals surface area contributed by atoms with Crippen molar-refractivity contribution in [1.29, 1.82) is 0 Å². The number of hydrogen-bond acceptors (Lipinski definition) is 5. The van der Waals surface area contributed by atoms with Crippen LogP contribution in [-0.2, 0) is 4.79 Å². The zero-order valence-electron chi connectivity index (χ0n) is 11.7. The molecule has 6 nitrogen and oxygen atoms in total. The molecule has 0 aliphatic carbocycles. The fourth-order valence-corrected chi connectivity index (χ4v) is 3.43. The van der Waals surface area contributed by atoms with Crippen LogP contribution < -0.4 is 14.8 Å². The van der Waals surface area contributed by atoms with Crippen molar-refractivity contribution in [3.63, 3.8) is 0 Å². The zero-order valence-corrected chi connectivity index (χ0v) is 12.5. The second-order valence-corrected chi connectivity index (χ2v) is 5.64. The van der Waals surface area contributed by atoms with Crippen LogP contribution in [0.4, 0.5) is 5.82 Å². The molecular formula is C14H15N3O3S. The number of nitrogens with zero attached hydrogens (tertiary/aromatic N) is 1. The molecular weight excluding hydrogens is 290 g/mol. The smallest absolute Gasteiger partial charge is 0.235 e. The predicted molar refractivity (Wildman–Crippen MR) is 81.1 cm³/mol. The van der Waals surface area contributed by atoms with Crippen molar-refractivity contribution in [1.82, 2.24) is 10.2 Å². The molecule has 21 heavy (non-hydrogen) atoms. The summed E-state index contributed by atoms with van der Waals surface area (Å²) in [5, 5.41) is 9.64. The molecule has 0 unspecified atom stereocenters. The lowest BCUT2D eigenvalue weighted by Gasteiger charge is -2.17. The summed E-state index contributed by atoms with van der Waals surface area (Å²) in [4.78, 5) is 11.7. The van der Waals surface area contributed by atoms with Gasteiger partial charge < -0.3 is 14.8 Å². The molecule has 110 valence electrons. The van der Waals surface area contributed by atoms with Gasteiger partial charge in [-0.05, 0) is 6.07 Å². The molecule has 0 radical (unpaired) electrons. The molecule has 2 N–H and O–H groups in total. The van der Waals surface area contributed by atoms with Crippen molar-refractivity contribution in [2.45, 2.75) is 5.25 Å². The molecule has 1 amide bonds. The van der Waals surface area contributed by atoms with Gasteiger partial charge in [0, 0.05) is 17.2 Å². The number of methoxy groups -OCH3 is 2. The monoisotopic (exact) mass is 305 g/mol. The summed E-state index contributed by atoms with van der Waals surface area (Å²) in [6.07, 6.45) is 1.74. The Morgan fingerprint density at radius 1 is 1.29 bits per heavy atom. The number of hydrogen-bond donors (Lipinski definition) is 2. The first kappa shape index (κ1) is 13.8. The summed E-state index contributed by atoms with van der Waals surface area (Å²) in [5.41, 5.74) is 1.93. The van der Waals surface area contributed by atoms with Crippen molar-refractivity contribution in [2.24, 2.45) is 0 Å². The van der Waals surface area contributed by atoms with Crippen molar-refractivity contribution < 1.29 is 14.3 Å². The SMILES string of the molecule is COc1ccc([C@@H]2SCC(=O)Nc3[nH]ncc32)c(OC)c1. The highest BCUT2D eigenvalue weighted by molar-refractivity contribution is 8.00. The molecule has 7 heteroatoms. The van der Waals surface area contributed by atoms with E-state index < -0.39 is 0 Å². The van der Waals surface area contributed by atoms with Gasteiger partial charge in [0.05, 0.1) is 31.4 Å². The summed E-state index contributed by atoms with van der Waals surface area (Å²) in [7, 11) is 3.24. The molecule has 1 atom stereocenters. The molecule has 1 aliphatic heterocycles. The van der Waals surface area contributed by atoms with E-state index in [0.717, 1.165) is 22.6 Å². The first-order chi connectivity index (χ1) is 10.2. The fourth-order valence-electron chi connectivity index (χ4n) is 2.31. The van der Waals surface area contributed by atoms with Gasteiger partial charge in [0.1, 0.15) is 17.3 Å². The minimum Gasteiger partial charge on any atom is -0.497 e. The highest BCUT2D eigenvalue weighted by atomic mass is 32.2. The van der Waals surface area contributed by atoms with Crippen LogP contribution in [0, 0.1) is 0 Å². The number of H-pyrrole nitrogens is 1. The lowest BCUT2D eigenvalue weighted by Crippen LogP contribution is -2.12. The van der Waals surface area contributed by atoms with Crippen molar-refractivity contribution >= 4 is 23.5 Å². The number of ether oxygens (including phenoxy) is 2. The number of aromatic amines is 1. The Morgan fingerprint density at radius 2 is 2.14 bits per heavy atom. The number of fused-ring (bicyclic) bond motifs is 1. The van der Waals surface area contributed by atoms with Gasteiger partial charge in [-0.2, -0.15) is 5.10 Å². The second-order valence-electron chi connectivity index (χ2n) is 4.55. The highest BCUT2D eigenvalue weighted by Crippen LogP contribution is 2.44. The molecule has 0 fully saturated rings. The number of rotatable bonds is 3. The van der Waals surface area contributed by atoms with Crippen LogP contribution in [-0.4, -0.2) is 36.1 Å². The minimum atomic E-state index is -0.0412. The maximum atomic E-state index is 11.7. The third kappa shape index (κ3) is 2.56. The third-order valence-corrected chi connectivity index (χ3v) is 4.59. The summed E-state index contributed by atoms with van der Waals surface area (Å²) in [6, 6.07) is 5.69. The number of aromatic nitrogens is 2. The van der Waals surface area contributed by atoms with Gasteiger partial charge in [-0.3, -0.25) is 9.89 Å². The first-order valence-electron chi connectivity index (χ1n) is 6.39. The van der Waals surface area contributed by atoms with Gasteiger partial charge in [-0.25, -0.2) is 0 Å². The molecule has 2 heterocycles. The van der Waals surface area contributed by atoms with Crippen LogP contribution in [0.2, 0.25) is 0 Å². The van der Waals surface area contributed by atoms with Crippen molar-refractivity contribution in [3.8, 4) is 11.5 Å². The van der Waals surface area contributed by atoms with E-state index >= 15 is 0 Å². The summed E-state index contributed by atoms with van der Waals surface area (Å²) in [5.74, 6) is 2.44. The van der Waals surface area contributed by atoms with E-state index in [-0.39, 0.29) is 11.2 Å². The Morgan fingerprint density at radius 3 is 2.90 bits per heavy atom.